The predicted molar refractivity (Wildman–Crippen MR) is 99.4 cm³/mol. The molecule has 0 aliphatic carbocycles. The van der Waals surface area contributed by atoms with Gasteiger partial charge in [0.05, 0.1) is 17.4 Å². The highest BCUT2D eigenvalue weighted by molar-refractivity contribution is 7.10. The number of carbonyl (C=O) groups is 1. The Labute approximate surface area is 157 Å². The number of hydrogen-bond donors (Lipinski definition) is 0. The van der Waals surface area contributed by atoms with Crippen molar-refractivity contribution in [2.45, 2.75) is 45.9 Å². The van der Waals surface area contributed by atoms with Gasteiger partial charge in [0.25, 0.3) is 5.91 Å². The number of aromatic nitrogens is 1. The molecular formula is C19H25N3O3S. The summed E-state index contributed by atoms with van der Waals surface area (Å²) in [6.45, 7) is 8.15. The summed E-state index contributed by atoms with van der Waals surface area (Å²) in [6.07, 6.45) is 2.03. The number of rotatable bonds is 4. The summed E-state index contributed by atoms with van der Waals surface area (Å²) in [6, 6.07) is 0. The summed E-state index contributed by atoms with van der Waals surface area (Å²) >= 11 is 1.71. The molecule has 26 heavy (non-hydrogen) atoms. The SMILES string of the molecule is COC1CCN(C(=O)c2csc3c2CCN(Cc2c(C)noc2C)C3)C1. The number of amides is 1. The smallest absolute Gasteiger partial charge is 0.255 e. The van der Waals surface area contributed by atoms with Gasteiger partial charge in [-0.1, -0.05) is 5.16 Å². The van der Waals surface area contributed by atoms with Crippen molar-refractivity contribution in [1.82, 2.24) is 15.0 Å². The number of thiophene rings is 1. The van der Waals surface area contributed by atoms with Crippen LogP contribution in [0.4, 0.5) is 0 Å². The Morgan fingerprint density at radius 2 is 2.27 bits per heavy atom. The first-order chi connectivity index (χ1) is 12.6. The highest BCUT2D eigenvalue weighted by Crippen LogP contribution is 2.31. The van der Waals surface area contributed by atoms with E-state index >= 15 is 0 Å². The van der Waals surface area contributed by atoms with E-state index < -0.39 is 0 Å². The van der Waals surface area contributed by atoms with Crippen molar-refractivity contribution in [2.75, 3.05) is 26.7 Å². The Morgan fingerprint density at radius 1 is 1.42 bits per heavy atom. The normalized spacial score (nSPS) is 20.6. The van der Waals surface area contributed by atoms with Crippen molar-refractivity contribution in [2.24, 2.45) is 0 Å². The van der Waals surface area contributed by atoms with Gasteiger partial charge in [-0.3, -0.25) is 9.69 Å². The molecule has 2 aromatic heterocycles. The molecule has 0 radical (unpaired) electrons. The molecule has 0 spiro atoms. The molecule has 0 saturated carbocycles. The number of hydrogen-bond acceptors (Lipinski definition) is 6. The van der Waals surface area contributed by atoms with Gasteiger partial charge in [-0.2, -0.15) is 0 Å². The van der Waals surface area contributed by atoms with Gasteiger partial charge >= 0.3 is 0 Å². The lowest BCUT2D eigenvalue weighted by atomic mass is 10.0. The molecule has 0 aromatic carbocycles. The highest BCUT2D eigenvalue weighted by atomic mass is 32.1. The molecule has 0 bridgehead atoms. The topological polar surface area (TPSA) is 58.8 Å². The van der Waals surface area contributed by atoms with Crippen molar-refractivity contribution < 1.29 is 14.1 Å². The van der Waals surface area contributed by atoms with Crippen molar-refractivity contribution in [3.63, 3.8) is 0 Å². The van der Waals surface area contributed by atoms with Crippen LogP contribution < -0.4 is 0 Å². The lowest BCUT2D eigenvalue weighted by Crippen LogP contribution is -2.33. The average Bonchev–Trinajstić information content (AvgIpc) is 3.36. The standard InChI is InChI=1S/C19H25N3O3S/c1-12-16(13(2)25-20-12)9-21-6-5-15-17(11-26-18(15)10-21)19(23)22-7-4-14(8-22)24-3/h11,14H,4-10H2,1-3H3. The quantitative estimate of drug-likeness (QED) is 0.822. The molecule has 1 saturated heterocycles. The van der Waals surface area contributed by atoms with E-state index in [-0.39, 0.29) is 12.0 Å². The first-order valence-electron chi connectivity index (χ1n) is 9.12. The average molecular weight is 375 g/mol. The number of fused-ring (bicyclic) bond motifs is 1. The van der Waals surface area contributed by atoms with Gasteiger partial charge in [0.1, 0.15) is 5.76 Å². The predicted octanol–water partition coefficient (Wildman–Crippen LogP) is 2.77. The molecule has 140 valence electrons. The van der Waals surface area contributed by atoms with E-state index in [1.54, 1.807) is 18.4 Å². The Morgan fingerprint density at radius 3 is 2.96 bits per heavy atom. The van der Waals surface area contributed by atoms with E-state index in [0.29, 0.717) is 6.54 Å². The van der Waals surface area contributed by atoms with Crippen LogP contribution in [-0.2, 0) is 24.2 Å². The van der Waals surface area contributed by atoms with Crippen molar-refractivity contribution in [3.05, 3.63) is 38.4 Å². The maximum atomic E-state index is 12.9. The van der Waals surface area contributed by atoms with E-state index in [4.69, 9.17) is 9.26 Å². The van der Waals surface area contributed by atoms with Crippen LogP contribution in [0, 0.1) is 13.8 Å². The molecule has 2 aliphatic rings. The summed E-state index contributed by atoms with van der Waals surface area (Å²) in [5, 5.41) is 6.10. The molecule has 1 amide bonds. The zero-order chi connectivity index (χ0) is 18.3. The van der Waals surface area contributed by atoms with Crippen LogP contribution in [0.5, 0.6) is 0 Å². The van der Waals surface area contributed by atoms with Crippen LogP contribution in [0.2, 0.25) is 0 Å². The Bertz CT molecular complexity index is 794. The first-order valence-corrected chi connectivity index (χ1v) is 10.00. The van der Waals surface area contributed by atoms with Crippen LogP contribution in [0.1, 0.15) is 44.2 Å². The molecule has 4 rings (SSSR count). The second-order valence-electron chi connectivity index (χ2n) is 7.21. The molecule has 1 fully saturated rings. The third-order valence-electron chi connectivity index (χ3n) is 5.58. The minimum atomic E-state index is 0.168. The third kappa shape index (κ3) is 3.19. The molecule has 7 heteroatoms. The molecule has 0 N–H and O–H groups in total. The summed E-state index contributed by atoms with van der Waals surface area (Å²) < 4.78 is 10.7. The van der Waals surface area contributed by atoms with E-state index in [2.05, 4.69) is 10.1 Å². The highest BCUT2D eigenvalue weighted by Gasteiger charge is 2.31. The maximum absolute atomic E-state index is 12.9. The fraction of sp³-hybridized carbons (Fsp3) is 0.579. The molecule has 4 heterocycles. The molecule has 1 unspecified atom stereocenters. The number of methoxy groups -OCH3 is 1. The number of likely N-dealkylation sites (tertiary alicyclic amines) is 1. The molecular weight excluding hydrogens is 350 g/mol. The van der Waals surface area contributed by atoms with Crippen LogP contribution in [-0.4, -0.2) is 53.7 Å². The van der Waals surface area contributed by atoms with Crippen molar-refractivity contribution in [3.8, 4) is 0 Å². The van der Waals surface area contributed by atoms with Crippen LogP contribution >= 0.6 is 11.3 Å². The zero-order valence-corrected chi connectivity index (χ0v) is 16.4. The Balaban J connectivity index is 1.46. The van der Waals surface area contributed by atoms with Gasteiger partial charge < -0.3 is 14.2 Å². The Kier molecular flexibility index (Phi) is 4.86. The monoisotopic (exact) mass is 375 g/mol. The molecule has 1 atom stereocenters. The third-order valence-corrected chi connectivity index (χ3v) is 6.60. The maximum Gasteiger partial charge on any atom is 0.255 e. The fourth-order valence-corrected chi connectivity index (χ4v) is 5.04. The van der Waals surface area contributed by atoms with Gasteiger partial charge in [-0.25, -0.2) is 0 Å². The van der Waals surface area contributed by atoms with Gasteiger partial charge in [-0.05, 0) is 32.3 Å². The van der Waals surface area contributed by atoms with Gasteiger partial charge in [0.2, 0.25) is 0 Å². The molecule has 2 aromatic rings. The summed E-state index contributed by atoms with van der Waals surface area (Å²) in [7, 11) is 1.72. The minimum absolute atomic E-state index is 0.168. The summed E-state index contributed by atoms with van der Waals surface area (Å²) in [5.74, 6) is 1.07. The van der Waals surface area contributed by atoms with Gasteiger partial charge in [0.15, 0.2) is 0 Å². The van der Waals surface area contributed by atoms with Crippen molar-refractivity contribution in [1.29, 1.82) is 0 Å². The number of ether oxygens (including phenoxy) is 1. The second kappa shape index (κ2) is 7.13. The van der Waals surface area contributed by atoms with Crippen LogP contribution in [0.15, 0.2) is 9.90 Å². The van der Waals surface area contributed by atoms with E-state index in [1.165, 1.54) is 16.0 Å². The number of aryl methyl sites for hydroxylation is 2. The van der Waals surface area contributed by atoms with Gasteiger partial charge in [0, 0.05) is 55.7 Å². The van der Waals surface area contributed by atoms with E-state index in [0.717, 1.165) is 56.0 Å². The molecule has 2 aliphatic heterocycles. The van der Waals surface area contributed by atoms with E-state index in [1.807, 2.05) is 24.1 Å². The van der Waals surface area contributed by atoms with Crippen LogP contribution in [0.3, 0.4) is 0 Å². The zero-order valence-electron chi connectivity index (χ0n) is 15.6. The summed E-state index contributed by atoms with van der Waals surface area (Å²) in [5.41, 5.74) is 4.30. The van der Waals surface area contributed by atoms with Gasteiger partial charge in [-0.15, -0.1) is 11.3 Å². The number of carbonyl (C=O) groups excluding carboxylic acids is 1. The summed E-state index contributed by atoms with van der Waals surface area (Å²) in [4.78, 5) is 18.6. The Hall–Kier alpha value is -1.70. The lowest BCUT2D eigenvalue weighted by molar-refractivity contribution is 0.0723. The number of nitrogens with zero attached hydrogens (tertiary/aromatic N) is 3. The minimum Gasteiger partial charge on any atom is -0.380 e. The second-order valence-corrected chi connectivity index (χ2v) is 8.18. The fourth-order valence-electron chi connectivity index (χ4n) is 3.92. The molecule has 6 nitrogen and oxygen atoms in total. The lowest BCUT2D eigenvalue weighted by Gasteiger charge is -2.27. The van der Waals surface area contributed by atoms with Crippen molar-refractivity contribution >= 4 is 17.2 Å². The van der Waals surface area contributed by atoms with Crippen LogP contribution in [0.25, 0.3) is 0 Å². The largest absolute Gasteiger partial charge is 0.380 e. The van der Waals surface area contributed by atoms with E-state index in [9.17, 15) is 4.79 Å². The first kappa shape index (κ1) is 17.7.